The number of nitrogen functional groups attached to an aromatic ring is 1. The zero-order valence-corrected chi connectivity index (χ0v) is 26.9. The zero-order valence-electron chi connectivity index (χ0n) is 25.3. The molecule has 246 valence electrons. The Morgan fingerprint density at radius 2 is 1.94 bits per heavy atom. The second-order valence-corrected chi connectivity index (χ2v) is 14.9. The van der Waals surface area contributed by atoms with Gasteiger partial charge in [0.25, 0.3) is 0 Å². The van der Waals surface area contributed by atoms with Gasteiger partial charge in [0.1, 0.15) is 29.9 Å². The van der Waals surface area contributed by atoms with Gasteiger partial charge in [-0.2, -0.15) is 9.97 Å². The molecule has 47 heavy (non-hydrogen) atoms. The first-order valence-corrected chi connectivity index (χ1v) is 17.3. The van der Waals surface area contributed by atoms with Gasteiger partial charge in [0, 0.05) is 61.2 Å². The molecule has 5 aliphatic heterocycles. The van der Waals surface area contributed by atoms with Gasteiger partial charge in [0.2, 0.25) is 5.91 Å². The highest BCUT2D eigenvalue weighted by Gasteiger charge is 2.50. The highest BCUT2D eigenvalue weighted by atomic mass is 35.5. The average molecular weight is 685 g/mol. The Morgan fingerprint density at radius 1 is 1.15 bits per heavy atom. The summed E-state index contributed by atoms with van der Waals surface area (Å²) in [6.45, 7) is 3.09. The summed E-state index contributed by atoms with van der Waals surface area (Å²) in [5.41, 5.74) is 5.99. The van der Waals surface area contributed by atoms with Crippen LogP contribution in [0.2, 0.25) is 5.02 Å². The third-order valence-corrected chi connectivity index (χ3v) is 11.8. The molecule has 5 fully saturated rings. The number of amides is 1. The number of piperazine rings is 1. The van der Waals surface area contributed by atoms with E-state index in [1.807, 2.05) is 4.90 Å². The SMILES string of the molecule is Nc1nc2c(-c3c(Cl)cc4c(N5CC6CCC(C5)N6C(=O)[C@H]5CN5)nc(OCC56CCCN5C[C@H](F)C6)nc4c3F)ccc(F)c2s1. The number of hydrogen-bond donors (Lipinski definition) is 2. The van der Waals surface area contributed by atoms with E-state index in [0.29, 0.717) is 49.4 Å². The van der Waals surface area contributed by atoms with E-state index in [9.17, 15) is 13.6 Å². The molecule has 7 heterocycles. The number of halogens is 4. The number of hydrogen-bond acceptors (Lipinski definition) is 10. The lowest BCUT2D eigenvalue weighted by Gasteiger charge is -2.42. The van der Waals surface area contributed by atoms with Crippen molar-refractivity contribution in [3.8, 4) is 17.1 Å². The molecule has 0 radical (unpaired) electrons. The lowest BCUT2D eigenvalue weighted by Crippen LogP contribution is -2.57. The van der Waals surface area contributed by atoms with Crippen molar-refractivity contribution in [2.45, 2.75) is 61.9 Å². The van der Waals surface area contributed by atoms with Gasteiger partial charge in [0.05, 0.1) is 26.8 Å². The van der Waals surface area contributed by atoms with Crippen molar-refractivity contribution in [2.75, 3.05) is 50.0 Å². The number of nitrogens with zero attached hydrogens (tertiary/aromatic N) is 6. The summed E-state index contributed by atoms with van der Waals surface area (Å²) in [4.78, 5) is 33.0. The largest absolute Gasteiger partial charge is 0.461 e. The monoisotopic (exact) mass is 684 g/mol. The lowest BCUT2D eigenvalue weighted by atomic mass is 9.95. The zero-order chi connectivity index (χ0) is 32.2. The maximum atomic E-state index is 16.9. The molecule has 2 aromatic heterocycles. The van der Waals surface area contributed by atoms with Crippen LogP contribution >= 0.6 is 22.9 Å². The van der Waals surface area contributed by atoms with E-state index in [1.165, 1.54) is 12.1 Å². The van der Waals surface area contributed by atoms with Crippen LogP contribution in [0, 0.1) is 11.6 Å². The number of thiazole rings is 1. The third kappa shape index (κ3) is 4.73. The van der Waals surface area contributed by atoms with Gasteiger partial charge in [-0.25, -0.2) is 18.2 Å². The number of rotatable bonds is 6. The fraction of sp³-hybridized carbons (Fsp3) is 0.500. The van der Waals surface area contributed by atoms with E-state index in [0.717, 1.165) is 43.6 Å². The minimum absolute atomic E-state index is 0.00585. The van der Waals surface area contributed by atoms with Crippen molar-refractivity contribution in [3.05, 3.63) is 34.9 Å². The highest BCUT2D eigenvalue weighted by molar-refractivity contribution is 7.22. The molecule has 0 aliphatic carbocycles. The van der Waals surface area contributed by atoms with Crippen molar-refractivity contribution < 1.29 is 22.7 Å². The number of aromatic nitrogens is 3. The Labute approximate surface area is 277 Å². The minimum Gasteiger partial charge on any atom is -0.461 e. The second kappa shape index (κ2) is 10.8. The number of ether oxygens (including phenoxy) is 1. The molecule has 15 heteroatoms. The van der Waals surface area contributed by atoms with Gasteiger partial charge in [-0.05, 0) is 50.4 Å². The van der Waals surface area contributed by atoms with Crippen LogP contribution in [0.25, 0.3) is 32.2 Å². The predicted molar refractivity (Wildman–Crippen MR) is 174 cm³/mol. The lowest BCUT2D eigenvalue weighted by molar-refractivity contribution is -0.133. The molecule has 9 rings (SSSR count). The van der Waals surface area contributed by atoms with Crippen molar-refractivity contribution in [2.24, 2.45) is 0 Å². The molecular weight excluding hydrogens is 653 g/mol. The van der Waals surface area contributed by atoms with E-state index in [1.54, 1.807) is 6.07 Å². The molecule has 1 amide bonds. The number of nitrogens with two attached hydrogens (primary N) is 1. The first kappa shape index (κ1) is 29.7. The molecule has 4 aromatic rings. The summed E-state index contributed by atoms with van der Waals surface area (Å²) in [6, 6.07) is 4.17. The fourth-order valence-electron chi connectivity index (χ4n) is 8.40. The van der Waals surface area contributed by atoms with Gasteiger partial charge >= 0.3 is 6.01 Å². The van der Waals surface area contributed by atoms with Crippen LogP contribution in [0.1, 0.15) is 32.1 Å². The molecule has 2 bridgehead atoms. The van der Waals surface area contributed by atoms with E-state index >= 15 is 4.39 Å². The summed E-state index contributed by atoms with van der Waals surface area (Å²) in [5, 5.41) is 3.75. The van der Waals surface area contributed by atoms with Crippen LogP contribution in [-0.2, 0) is 4.79 Å². The van der Waals surface area contributed by atoms with Crippen LogP contribution in [0.15, 0.2) is 18.2 Å². The standard InChI is InChI=1S/C32H32ClF3N8O2S/c33-20-8-19-25(24(36)23(20)18-4-5-21(35)27-26(18)39-30(37)47-27)40-31(46-14-32-6-1-7-43(32)11-15(34)9-32)41-28(19)42-12-16-2-3-17(13-42)44(16)29(45)22-10-38-22/h4-5,8,15-17,22,38H,1-3,6-7,9-14H2,(H2,37,39)/t15-,16?,17?,22-,32?/m1/s1. The Morgan fingerprint density at radius 3 is 2.70 bits per heavy atom. The summed E-state index contributed by atoms with van der Waals surface area (Å²) in [7, 11) is 0. The first-order chi connectivity index (χ1) is 22.7. The number of carbonyl (C=O) groups is 1. The van der Waals surface area contributed by atoms with Gasteiger partial charge in [0.15, 0.2) is 10.9 Å². The van der Waals surface area contributed by atoms with Crippen LogP contribution in [0.5, 0.6) is 6.01 Å². The highest BCUT2D eigenvalue weighted by Crippen LogP contribution is 2.45. The quantitative estimate of drug-likeness (QED) is 0.282. The van der Waals surface area contributed by atoms with Gasteiger partial charge in [-0.15, -0.1) is 0 Å². The first-order valence-electron chi connectivity index (χ1n) is 16.1. The van der Waals surface area contributed by atoms with Crippen molar-refractivity contribution >= 4 is 60.9 Å². The number of carbonyl (C=O) groups excluding carboxylic acids is 1. The summed E-state index contributed by atoms with van der Waals surface area (Å²) >= 11 is 7.82. The molecule has 3 unspecified atom stereocenters. The molecule has 2 aromatic carbocycles. The van der Waals surface area contributed by atoms with Crippen molar-refractivity contribution in [1.29, 1.82) is 0 Å². The fourth-order valence-corrected chi connectivity index (χ4v) is 9.46. The number of nitrogens with one attached hydrogen (secondary N) is 1. The van der Waals surface area contributed by atoms with Crippen molar-refractivity contribution in [1.82, 2.24) is 30.1 Å². The smallest absolute Gasteiger partial charge is 0.319 e. The van der Waals surface area contributed by atoms with Gasteiger partial charge in [-0.3, -0.25) is 9.69 Å². The number of fused-ring (bicyclic) bond motifs is 5. The number of anilines is 2. The predicted octanol–water partition coefficient (Wildman–Crippen LogP) is 4.53. The van der Waals surface area contributed by atoms with Gasteiger partial charge in [-0.1, -0.05) is 22.9 Å². The Kier molecular flexibility index (Phi) is 6.80. The van der Waals surface area contributed by atoms with E-state index < -0.39 is 23.3 Å². The summed E-state index contributed by atoms with van der Waals surface area (Å²) < 4.78 is 52.6. The van der Waals surface area contributed by atoms with Crippen LogP contribution < -0.4 is 20.7 Å². The van der Waals surface area contributed by atoms with Crippen LogP contribution in [0.4, 0.5) is 24.1 Å². The molecule has 10 nitrogen and oxygen atoms in total. The molecule has 5 aliphatic rings. The molecule has 0 spiro atoms. The third-order valence-electron chi connectivity index (χ3n) is 10.6. The molecule has 5 atom stereocenters. The van der Waals surface area contributed by atoms with Gasteiger partial charge < -0.3 is 25.6 Å². The topological polar surface area (TPSA) is 123 Å². The molecule has 3 N–H and O–H groups in total. The second-order valence-electron chi connectivity index (χ2n) is 13.5. The molecular formula is C32H32ClF3N8O2S. The van der Waals surface area contributed by atoms with E-state index in [-0.39, 0.29) is 68.1 Å². The molecule has 5 saturated heterocycles. The molecule has 0 saturated carbocycles. The van der Waals surface area contributed by atoms with E-state index in [2.05, 4.69) is 25.1 Å². The average Bonchev–Trinajstić information content (AvgIpc) is 3.49. The Hall–Kier alpha value is -3.46. The minimum atomic E-state index is -0.929. The Bertz CT molecular complexity index is 1950. The summed E-state index contributed by atoms with van der Waals surface area (Å²) in [5.74, 6) is -0.641. The maximum Gasteiger partial charge on any atom is 0.319 e. The van der Waals surface area contributed by atoms with Crippen LogP contribution in [0.3, 0.4) is 0 Å². The maximum absolute atomic E-state index is 16.9. The Balaban J connectivity index is 1.15. The normalized spacial score (nSPS) is 28.5. The number of benzene rings is 2. The van der Waals surface area contributed by atoms with Crippen LogP contribution in [-0.4, -0.2) is 99.8 Å². The van der Waals surface area contributed by atoms with E-state index in [4.69, 9.17) is 27.1 Å². The van der Waals surface area contributed by atoms with Crippen molar-refractivity contribution in [3.63, 3.8) is 0 Å². The number of alkyl halides is 1. The summed E-state index contributed by atoms with van der Waals surface area (Å²) in [6.07, 6.45) is 2.92.